The first kappa shape index (κ1) is 24.5. The van der Waals surface area contributed by atoms with Gasteiger partial charge in [0.2, 0.25) is 10.0 Å². The van der Waals surface area contributed by atoms with Gasteiger partial charge in [-0.05, 0) is 63.8 Å². The monoisotopic (exact) mass is 474 g/mol. The molecule has 0 bridgehead atoms. The molecule has 1 N–H and O–H groups in total. The van der Waals surface area contributed by atoms with Crippen molar-refractivity contribution in [2.24, 2.45) is 17.8 Å². The SMILES string of the molecule is C[C@@H]1CN([C@H](C)CO)S(=O)(=O)c2ccc(C#CC3CCCC3)cc2O[C@@H]1CN(C)CC1CC1. The third-order valence-electron chi connectivity index (χ3n) is 7.20. The van der Waals surface area contributed by atoms with Crippen LogP contribution in [0.1, 0.15) is 57.9 Å². The third kappa shape index (κ3) is 5.92. The quantitative estimate of drug-likeness (QED) is 0.641. The average molecular weight is 475 g/mol. The molecule has 4 rings (SSSR count). The van der Waals surface area contributed by atoms with Crippen molar-refractivity contribution in [1.82, 2.24) is 9.21 Å². The van der Waals surface area contributed by atoms with Crippen molar-refractivity contribution in [3.05, 3.63) is 23.8 Å². The van der Waals surface area contributed by atoms with Crippen LogP contribution in [0.15, 0.2) is 23.1 Å². The summed E-state index contributed by atoms with van der Waals surface area (Å²) in [6.07, 6.45) is 7.17. The second-order valence-electron chi connectivity index (χ2n) is 10.3. The molecule has 0 spiro atoms. The molecule has 2 saturated carbocycles. The number of hydrogen-bond acceptors (Lipinski definition) is 5. The van der Waals surface area contributed by atoms with Crippen LogP contribution >= 0.6 is 0 Å². The van der Waals surface area contributed by atoms with Crippen LogP contribution < -0.4 is 4.74 Å². The number of rotatable bonds is 6. The van der Waals surface area contributed by atoms with Crippen LogP contribution in [0.25, 0.3) is 0 Å². The van der Waals surface area contributed by atoms with E-state index in [4.69, 9.17) is 4.74 Å². The molecule has 1 aliphatic heterocycles. The van der Waals surface area contributed by atoms with Gasteiger partial charge in [0.1, 0.15) is 16.7 Å². The molecule has 0 radical (unpaired) electrons. The van der Waals surface area contributed by atoms with E-state index in [1.165, 1.54) is 30.0 Å². The van der Waals surface area contributed by atoms with Gasteiger partial charge in [-0.15, -0.1) is 0 Å². The highest BCUT2D eigenvalue weighted by Crippen LogP contribution is 2.35. The predicted molar refractivity (Wildman–Crippen MR) is 130 cm³/mol. The zero-order valence-electron chi connectivity index (χ0n) is 20.2. The first-order chi connectivity index (χ1) is 15.8. The Morgan fingerprint density at radius 3 is 2.61 bits per heavy atom. The summed E-state index contributed by atoms with van der Waals surface area (Å²) < 4.78 is 35.0. The van der Waals surface area contributed by atoms with E-state index < -0.39 is 16.1 Å². The number of nitrogens with zero attached hydrogens (tertiary/aromatic N) is 2. The van der Waals surface area contributed by atoms with Gasteiger partial charge in [-0.1, -0.05) is 31.6 Å². The Morgan fingerprint density at radius 2 is 1.94 bits per heavy atom. The molecule has 3 aliphatic rings. The van der Waals surface area contributed by atoms with Gasteiger partial charge in [0.05, 0.1) is 6.61 Å². The number of hydrogen-bond donors (Lipinski definition) is 1. The summed E-state index contributed by atoms with van der Waals surface area (Å²) in [6.45, 7) is 5.66. The molecule has 0 aromatic heterocycles. The maximum absolute atomic E-state index is 13.6. The fraction of sp³-hybridized carbons (Fsp3) is 0.692. The molecule has 1 aromatic rings. The summed E-state index contributed by atoms with van der Waals surface area (Å²) in [4.78, 5) is 2.47. The van der Waals surface area contributed by atoms with E-state index in [1.54, 1.807) is 25.1 Å². The molecule has 0 unspecified atom stereocenters. The Morgan fingerprint density at radius 1 is 1.21 bits per heavy atom. The smallest absolute Gasteiger partial charge is 0.247 e. The van der Waals surface area contributed by atoms with E-state index in [-0.39, 0.29) is 23.5 Å². The van der Waals surface area contributed by atoms with Crippen LogP contribution in [-0.2, 0) is 10.0 Å². The largest absolute Gasteiger partial charge is 0.487 e. The van der Waals surface area contributed by atoms with Gasteiger partial charge < -0.3 is 14.7 Å². The summed E-state index contributed by atoms with van der Waals surface area (Å²) in [6, 6.07) is 4.70. The lowest BCUT2D eigenvalue weighted by Gasteiger charge is -2.37. The molecule has 182 valence electrons. The number of sulfonamides is 1. The van der Waals surface area contributed by atoms with E-state index in [0.717, 1.165) is 37.4 Å². The van der Waals surface area contributed by atoms with Crippen molar-refractivity contribution in [2.45, 2.75) is 69.4 Å². The standard InChI is InChI=1S/C26H38N2O4S/c1-19-15-28(20(2)18-29)33(30,31)26-13-12-22(9-8-21-6-4-5-7-21)14-24(26)32-25(19)17-27(3)16-23-10-11-23/h12-14,19-21,23,25,29H,4-7,10-11,15-18H2,1-3H3/t19-,20-,25-/m1/s1. The Balaban J connectivity index is 1.67. The number of fused-ring (bicyclic) bond motifs is 1. The fourth-order valence-corrected chi connectivity index (χ4v) is 6.73. The number of aliphatic hydroxyl groups is 1. The molecule has 33 heavy (non-hydrogen) atoms. The Kier molecular flexibility index (Phi) is 7.69. The van der Waals surface area contributed by atoms with Crippen LogP contribution in [0.2, 0.25) is 0 Å². The zero-order chi connectivity index (χ0) is 23.6. The highest BCUT2D eigenvalue weighted by Gasteiger charge is 2.38. The van der Waals surface area contributed by atoms with Gasteiger partial charge in [0.15, 0.2) is 0 Å². The average Bonchev–Trinajstić information content (AvgIpc) is 3.43. The third-order valence-corrected chi connectivity index (χ3v) is 9.22. The maximum Gasteiger partial charge on any atom is 0.247 e. The minimum Gasteiger partial charge on any atom is -0.487 e. The van der Waals surface area contributed by atoms with Gasteiger partial charge in [0.25, 0.3) is 0 Å². The summed E-state index contributed by atoms with van der Waals surface area (Å²) in [5, 5.41) is 9.79. The summed E-state index contributed by atoms with van der Waals surface area (Å²) in [7, 11) is -1.70. The van der Waals surface area contributed by atoms with Crippen molar-refractivity contribution in [3.8, 4) is 17.6 Å². The molecule has 1 aromatic carbocycles. The summed E-state index contributed by atoms with van der Waals surface area (Å²) in [5.74, 6) is 8.17. The van der Waals surface area contributed by atoms with Crippen LogP contribution in [0.4, 0.5) is 0 Å². The molecule has 0 amide bonds. The van der Waals surface area contributed by atoms with E-state index in [0.29, 0.717) is 18.2 Å². The highest BCUT2D eigenvalue weighted by molar-refractivity contribution is 7.89. The van der Waals surface area contributed by atoms with Gasteiger partial charge >= 0.3 is 0 Å². The second kappa shape index (κ2) is 10.4. The van der Waals surface area contributed by atoms with E-state index in [9.17, 15) is 13.5 Å². The van der Waals surface area contributed by atoms with E-state index in [2.05, 4.69) is 23.8 Å². The molecule has 3 atom stereocenters. The molecule has 1 heterocycles. The highest BCUT2D eigenvalue weighted by atomic mass is 32.2. The Bertz CT molecular complexity index is 989. The molecule has 2 aliphatic carbocycles. The van der Waals surface area contributed by atoms with Crippen molar-refractivity contribution >= 4 is 10.0 Å². The lowest BCUT2D eigenvalue weighted by Crippen LogP contribution is -2.49. The molecule has 2 fully saturated rings. The van der Waals surface area contributed by atoms with Crippen LogP contribution in [0.5, 0.6) is 5.75 Å². The van der Waals surface area contributed by atoms with Crippen molar-refractivity contribution in [3.63, 3.8) is 0 Å². The van der Waals surface area contributed by atoms with Crippen LogP contribution in [0.3, 0.4) is 0 Å². The van der Waals surface area contributed by atoms with E-state index >= 15 is 0 Å². The topological polar surface area (TPSA) is 70.1 Å². The Hall–Kier alpha value is -1.59. The normalized spacial score (nSPS) is 26.6. The lowest BCUT2D eigenvalue weighted by atomic mass is 10.0. The van der Waals surface area contributed by atoms with Crippen molar-refractivity contribution in [1.29, 1.82) is 0 Å². The lowest BCUT2D eigenvalue weighted by molar-refractivity contribution is 0.0740. The molecule has 0 saturated heterocycles. The van der Waals surface area contributed by atoms with Crippen molar-refractivity contribution in [2.75, 3.05) is 33.3 Å². The Labute approximate surface area is 199 Å². The minimum absolute atomic E-state index is 0.0307. The minimum atomic E-state index is -3.81. The molecule has 7 heteroatoms. The van der Waals surface area contributed by atoms with Gasteiger partial charge in [-0.25, -0.2) is 8.42 Å². The maximum atomic E-state index is 13.6. The van der Waals surface area contributed by atoms with Crippen molar-refractivity contribution < 1.29 is 18.3 Å². The van der Waals surface area contributed by atoms with Gasteiger partial charge in [-0.2, -0.15) is 4.31 Å². The van der Waals surface area contributed by atoms with E-state index in [1.807, 2.05) is 6.92 Å². The predicted octanol–water partition coefficient (Wildman–Crippen LogP) is 3.34. The summed E-state index contributed by atoms with van der Waals surface area (Å²) >= 11 is 0. The molecular weight excluding hydrogens is 436 g/mol. The molecular formula is C26H38N2O4S. The summed E-state index contributed by atoms with van der Waals surface area (Å²) in [5.41, 5.74) is 0.788. The zero-order valence-corrected chi connectivity index (χ0v) is 21.0. The van der Waals surface area contributed by atoms with Gasteiger partial charge in [-0.3, -0.25) is 0 Å². The van der Waals surface area contributed by atoms with Crippen LogP contribution in [0, 0.1) is 29.6 Å². The van der Waals surface area contributed by atoms with Gasteiger partial charge in [0, 0.05) is 43.1 Å². The number of aliphatic hydroxyl groups excluding tert-OH is 1. The first-order valence-corrected chi connectivity index (χ1v) is 13.9. The number of likely N-dealkylation sites (N-methyl/N-ethyl adjacent to an activating group) is 1. The number of benzene rings is 1. The second-order valence-corrected chi connectivity index (χ2v) is 12.2. The van der Waals surface area contributed by atoms with Crippen LogP contribution in [-0.4, -0.2) is 68.2 Å². The first-order valence-electron chi connectivity index (χ1n) is 12.4. The molecule has 6 nitrogen and oxygen atoms in total. The fourth-order valence-electron chi connectivity index (χ4n) is 4.90. The number of ether oxygens (including phenoxy) is 1.